The van der Waals surface area contributed by atoms with Crippen LogP contribution in [0.3, 0.4) is 0 Å². The number of aromatic nitrogens is 4. The van der Waals surface area contributed by atoms with Crippen LogP contribution < -0.4 is 0 Å². The Labute approximate surface area is 151 Å². The molecule has 0 aliphatic carbocycles. The number of ether oxygens (including phenoxy) is 1. The zero-order valence-electron chi connectivity index (χ0n) is 14.9. The summed E-state index contributed by atoms with van der Waals surface area (Å²) in [6.45, 7) is 5.69. The molecular weight excluding hydrogens is 332 g/mol. The fraction of sp³-hybridized carbons (Fsp3) is 0.421. The van der Waals surface area contributed by atoms with E-state index in [9.17, 15) is 10.2 Å². The van der Waals surface area contributed by atoms with E-state index in [1.165, 1.54) is 6.33 Å². The van der Waals surface area contributed by atoms with Gasteiger partial charge in [-0.15, -0.1) is 0 Å². The SMILES string of the molecule is Cc1ccc(C(O)C2OC(n3ccc4c(C)ncnc43)C(O)C2C)cn1. The van der Waals surface area contributed by atoms with Crippen molar-refractivity contribution in [2.75, 3.05) is 0 Å². The molecule has 0 saturated carbocycles. The lowest BCUT2D eigenvalue weighted by atomic mass is 9.93. The fourth-order valence-electron chi connectivity index (χ4n) is 3.56. The second-order valence-corrected chi connectivity index (χ2v) is 6.94. The minimum atomic E-state index is -0.865. The van der Waals surface area contributed by atoms with E-state index in [0.29, 0.717) is 11.2 Å². The molecule has 1 fully saturated rings. The highest BCUT2D eigenvalue weighted by Crippen LogP contribution is 2.40. The second-order valence-electron chi connectivity index (χ2n) is 6.94. The van der Waals surface area contributed by atoms with Crippen LogP contribution in [-0.2, 0) is 4.74 Å². The molecule has 1 aliphatic rings. The van der Waals surface area contributed by atoms with Gasteiger partial charge in [0.05, 0.1) is 11.8 Å². The van der Waals surface area contributed by atoms with Crippen LogP contribution in [0.2, 0.25) is 0 Å². The van der Waals surface area contributed by atoms with Crippen molar-refractivity contribution >= 4 is 11.0 Å². The Kier molecular flexibility index (Phi) is 4.22. The van der Waals surface area contributed by atoms with Crippen LogP contribution in [0.1, 0.15) is 36.2 Å². The van der Waals surface area contributed by atoms with Crippen LogP contribution >= 0.6 is 0 Å². The molecule has 0 radical (unpaired) electrons. The van der Waals surface area contributed by atoms with E-state index in [-0.39, 0.29) is 5.92 Å². The second kappa shape index (κ2) is 6.42. The van der Waals surface area contributed by atoms with Crippen LogP contribution in [0.4, 0.5) is 0 Å². The third kappa shape index (κ3) is 2.68. The van der Waals surface area contributed by atoms with Crippen molar-refractivity contribution in [2.24, 2.45) is 5.92 Å². The van der Waals surface area contributed by atoms with E-state index < -0.39 is 24.5 Å². The van der Waals surface area contributed by atoms with Crippen LogP contribution in [0.15, 0.2) is 36.9 Å². The summed E-state index contributed by atoms with van der Waals surface area (Å²) in [4.78, 5) is 12.8. The highest BCUT2D eigenvalue weighted by atomic mass is 16.5. The van der Waals surface area contributed by atoms with Gasteiger partial charge in [-0.3, -0.25) is 4.98 Å². The molecule has 0 spiro atoms. The summed E-state index contributed by atoms with van der Waals surface area (Å²) in [6.07, 6.45) is 2.21. The molecule has 1 saturated heterocycles. The summed E-state index contributed by atoms with van der Waals surface area (Å²) >= 11 is 0. The lowest BCUT2D eigenvalue weighted by molar-refractivity contribution is -0.0776. The van der Waals surface area contributed by atoms with Gasteiger partial charge in [-0.05, 0) is 26.0 Å². The van der Waals surface area contributed by atoms with Gasteiger partial charge < -0.3 is 19.5 Å². The smallest absolute Gasteiger partial charge is 0.162 e. The molecule has 2 N–H and O–H groups in total. The van der Waals surface area contributed by atoms with Gasteiger partial charge in [0, 0.05) is 35.0 Å². The van der Waals surface area contributed by atoms with Gasteiger partial charge in [-0.1, -0.05) is 13.0 Å². The molecule has 4 rings (SSSR count). The quantitative estimate of drug-likeness (QED) is 0.748. The summed E-state index contributed by atoms with van der Waals surface area (Å²) in [7, 11) is 0. The summed E-state index contributed by atoms with van der Waals surface area (Å²) in [6, 6.07) is 5.61. The van der Waals surface area contributed by atoms with Gasteiger partial charge in [0.25, 0.3) is 0 Å². The molecule has 0 amide bonds. The van der Waals surface area contributed by atoms with E-state index in [2.05, 4.69) is 15.0 Å². The largest absolute Gasteiger partial charge is 0.388 e. The van der Waals surface area contributed by atoms with E-state index in [1.54, 1.807) is 6.20 Å². The maximum Gasteiger partial charge on any atom is 0.162 e. The number of aliphatic hydroxyl groups excluding tert-OH is 2. The van der Waals surface area contributed by atoms with Crippen molar-refractivity contribution < 1.29 is 14.9 Å². The van der Waals surface area contributed by atoms with Crippen LogP contribution in [0.5, 0.6) is 0 Å². The molecule has 26 heavy (non-hydrogen) atoms. The average molecular weight is 354 g/mol. The third-order valence-electron chi connectivity index (χ3n) is 5.22. The monoisotopic (exact) mass is 354 g/mol. The van der Waals surface area contributed by atoms with Gasteiger partial charge in [0.2, 0.25) is 0 Å². The lowest BCUT2D eigenvalue weighted by Gasteiger charge is -2.22. The normalized spacial score (nSPS) is 27.1. The summed E-state index contributed by atoms with van der Waals surface area (Å²) < 4.78 is 7.91. The van der Waals surface area contributed by atoms with Crippen LogP contribution in [-0.4, -0.2) is 41.9 Å². The Morgan fingerprint density at radius 2 is 1.96 bits per heavy atom. The van der Waals surface area contributed by atoms with Gasteiger partial charge in [-0.2, -0.15) is 0 Å². The number of nitrogens with zero attached hydrogens (tertiary/aromatic N) is 4. The van der Waals surface area contributed by atoms with Gasteiger partial charge in [0.1, 0.15) is 24.2 Å². The molecule has 1 aliphatic heterocycles. The number of fused-ring (bicyclic) bond motifs is 1. The van der Waals surface area contributed by atoms with E-state index >= 15 is 0 Å². The number of hydrogen-bond donors (Lipinski definition) is 2. The minimum absolute atomic E-state index is 0.253. The Bertz CT molecular complexity index is 924. The van der Waals surface area contributed by atoms with Crippen LogP contribution in [0, 0.1) is 19.8 Å². The van der Waals surface area contributed by atoms with Gasteiger partial charge in [-0.25, -0.2) is 9.97 Å². The van der Waals surface area contributed by atoms with Crippen molar-refractivity contribution in [1.82, 2.24) is 19.5 Å². The van der Waals surface area contributed by atoms with Crippen LogP contribution in [0.25, 0.3) is 11.0 Å². The van der Waals surface area contributed by atoms with Crippen molar-refractivity contribution in [3.8, 4) is 0 Å². The minimum Gasteiger partial charge on any atom is -0.388 e. The molecule has 0 aromatic carbocycles. The molecule has 136 valence electrons. The molecule has 5 unspecified atom stereocenters. The van der Waals surface area contributed by atoms with Gasteiger partial charge >= 0.3 is 0 Å². The lowest BCUT2D eigenvalue weighted by Crippen LogP contribution is -2.27. The highest BCUT2D eigenvalue weighted by Gasteiger charge is 2.45. The molecule has 5 atom stereocenters. The summed E-state index contributed by atoms with van der Waals surface area (Å²) in [5.41, 5.74) is 3.14. The van der Waals surface area contributed by atoms with Crippen molar-refractivity contribution in [3.05, 3.63) is 53.9 Å². The maximum absolute atomic E-state index is 10.8. The number of pyridine rings is 1. The molecule has 3 aromatic rings. The van der Waals surface area contributed by atoms with E-state index in [1.807, 2.05) is 49.7 Å². The third-order valence-corrected chi connectivity index (χ3v) is 5.22. The zero-order valence-corrected chi connectivity index (χ0v) is 14.9. The topological polar surface area (TPSA) is 93.3 Å². The Hall–Kier alpha value is -2.35. The number of aryl methyl sites for hydroxylation is 2. The Morgan fingerprint density at radius 1 is 1.15 bits per heavy atom. The van der Waals surface area contributed by atoms with Gasteiger partial charge in [0.15, 0.2) is 6.23 Å². The molecule has 7 heteroatoms. The Morgan fingerprint density at radius 3 is 2.69 bits per heavy atom. The van der Waals surface area contributed by atoms with Crippen molar-refractivity contribution in [3.63, 3.8) is 0 Å². The van der Waals surface area contributed by atoms with Crippen molar-refractivity contribution in [1.29, 1.82) is 0 Å². The fourth-order valence-corrected chi connectivity index (χ4v) is 3.56. The number of rotatable bonds is 3. The Balaban J connectivity index is 1.65. The first kappa shape index (κ1) is 17.1. The first-order valence-electron chi connectivity index (χ1n) is 8.69. The molecule has 3 aromatic heterocycles. The van der Waals surface area contributed by atoms with Crippen molar-refractivity contribution in [2.45, 2.75) is 45.3 Å². The molecule has 7 nitrogen and oxygen atoms in total. The first-order valence-corrected chi connectivity index (χ1v) is 8.69. The zero-order chi connectivity index (χ0) is 18.4. The maximum atomic E-state index is 10.8. The number of hydrogen-bond acceptors (Lipinski definition) is 6. The van der Waals surface area contributed by atoms with E-state index in [4.69, 9.17) is 4.74 Å². The predicted octanol–water partition coefficient (Wildman–Crippen LogP) is 2.07. The molecular formula is C19H22N4O3. The predicted molar refractivity (Wildman–Crippen MR) is 95.3 cm³/mol. The van der Waals surface area contributed by atoms with E-state index in [0.717, 1.165) is 16.8 Å². The summed E-state index contributed by atoms with van der Waals surface area (Å²) in [5, 5.41) is 22.4. The summed E-state index contributed by atoms with van der Waals surface area (Å²) in [5.74, 6) is -0.253. The highest BCUT2D eigenvalue weighted by molar-refractivity contribution is 5.78. The number of aliphatic hydroxyl groups is 2. The first-order chi connectivity index (χ1) is 12.5. The standard InChI is InChI=1S/C19H22N4O3/c1-10-4-5-13(8-20-10)16(25)17-11(2)15(24)19(26-17)23-7-6-14-12(3)21-9-22-18(14)23/h4-9,11,15-17,19,24-25H,1-3H3. The molecule has 4 heterocycles. The molecule has 0 bridgehead atoms. The average Bonchev–Trinajstić information content (AvgIpc) is 3.18.